The maximum Gasteiger partial charge on any atom is 0.126 e. The monoisotopic (exact) mass is 284 g/mol. The van der Waals surface area contributed by atoms with Crippen LogP contribution in [0.2, 0.25) is 0 Å². The molecule has 0 radical (unpaired) electrons. The predicted octanol–water partition coefficient (Wildman–Crippen LogP) is 4.05. The van der Waals surface area contributed by atoms with E-state index in [4.69, 9.17) is 4.74 Å². The highest BCUT2D eigenvalue weighted by Crippen LogP contribution is 2.07. The second-order valence-electron chi connectivity index (χ2n) is 5.08. The maximum absolute atomic E-state index is 5.71. The fraction of sp³-hybridized carbons (Fsp3) is 0.389. The molecule has 0 saturated heterocycles. The largest absolute Gasteiger partial charge is 0.375 e. The Kier molecular flexibility index (Phi) is 6.75. The van der Waals surface area contributed by atoms with Crippen LogP contribution in [0.5, 0.6) is 0 Å². The Labute approximate surface area is 127 Å². The van der Waals surface area contributed by atoms with Gasteiger partial charge in [0.25, 0.3) is 0 Å². The van der Waals surface area contributed by atoms with Crippen LogP contribution in [0.15, 0.2) is 48.5 Å². The van der Waals surface area contributed by atoms with Crippen LogP contribution in [0, 0.1) is 0 Å². The summed E-state index contributed by atoms with van der Waals surface area (Å²) in [7, 11) is 0. The molecule has 21 heavy (non-hydrogen) atoms. The van der Waals surface area contributed by atoms with Gasteiger partial charge in [-0.15, -0.1) is 0 Å². The third-order valence-electron chi connectivity index (χ3n) is 3.21. The first-order valence-corrected chi connectivity index (χ1v) is 7.70. The molecule has 0 aliphatic heterocycles. The number of aromatic nitrogens is 1. The molecule has 0 unspecified atom stereocenters. The molecule has 0 aliphatic carbocycles. The third-order valence-corrected chi connectivity index (χ3v) is 3.21. The van der Waals surface area contributed by atoms with Gasteiger partial charge in [-0.25, -0.2) is 4.98 Å². The van der Waals surface area contributed by atoms with Crippen molar-refractivity contribution in [2.75, 3.05) is 18.5 Å². The standard InChI is InChI=1S/C18H24N2O/c1-2-13-19-18-12-6-11-17(20-18)15-21-14-7-10-16-8-4-3-5-9-16/h3-6,8-9,11-12H,2,7,10,13-15H2,1H3,(H,19,20). The maximum atomic E-state index is 5.71. The molecular weight excluding hydrogens is 260 g/mol. The fourth-order valence-electron chi connectivity index (χ4n) is 2.11. The number of hydrogen-bond donors (Lipinski definition) is 1. The van der Waals surface area contributed by atoms with Gasteiger partial charge in [-0.2, -0.15) is 0 Å². The predicted molar refractivity (Wildman–Crippen MR) is 87.4 cm³/mol. The fourth-order valence-corrected chi connectivity index (χ4v) is 2.11. The van der Waals surface area contributed by atoms with Crippen LogP contribution in [0.3, 0.4) is 0 Å². The third kappa shape index (κ3) is 5.96. The average Bonchev–Trinajstić information content (AvgIpc) is 2.54. The molecule has 1 heterocycles. The van der Waals surface area contributed by atoms with Crippen LogP contribution < -0.4 is 5.32 Å². The molecule has 0 saturated carbocycles. The molecule has 2 rings (SSSR count). The Hall–Kier alpha value is -1.87. The minimum Gasteiger partial charge on any atom is -0.375 e. The van der Waals surface area contributed by atoms with Crippen molar-refractivity contribution < 1.29 is 4.74 Å². The van der Waals surface area contributed by atoms with Crippen molar-refractivity contribution in [3.63, 3.8) is 0 Å². The Morgan fingerprint density at radius 1 is 1.05 bits per heavy atom. The highest BCUT2D eigenvalue weighted by atomic mass is 16.5. The highest BCUT2D eigenvalue weighted by Gasteiger charge is 1.98. The van der Waals surface area contributed by atoms with Crippen LogP contribution >= 0.6 is 0 Å². The summed E-state index contributed by atoms with van der Waals surface area (Å²) in [5.74, 6) is 0.933. The summed E-state index contributed by atoms with van der Waals surface area (Å²) >= 11 is 0. The molecule has 0 fully saturated rings. The molecule has 112 valence electrons. The van der Waals surface area contributed by atoms with Gasteiger partial charge in [-0.1, -0.05) is 43.3 Å². The quantitative estimate of drug-likeness (QED) is 0.705. The van der Waals surface area contributed by atoms with E-state index < -0.39 is 0 Å². The summed E-state index contributed by atoms with van der Waals surface area (Å²) < 4.78 is 5.71. The summed E-state index contributed by atoms with van der Waals surface area (Å²) in [6.07, 6.45) is 3.20. The van der Waals surface area contributed by atoms with Crippen LogP contribution in [-0.4, -0.2) is 18.1 Å². The molecule has 0 spiro atoms. The SMILES string of the molecule is CCCNc1cccc(COCCCc2ccccc2)n1. The topological polar surface area (TPSA) is 34.1 Å². The van der Waals surface area contributed by atoms with Crippen LogP contribution in [0.1, 0.15) is 31.0 Å². The van der Waals surface area contributed by atoms with E-state index in [2.05, 4.69) is 41.5 Å². The Balaban J connectivity index is 1.66. The summed E-state index contributed by atoms with van der Waals surface area (Å²) in [5, 5.41) is 3.29. The normalized spacial score (nSPS) is 10.5. The van der Waals surface area contributed by atoms with Gasteiger partial charge in [0, 0.05) is 13.2 Å². The minimum atomic E-state index is 0.580. The van der Waals surface area contributed by atoms with E-state index in [0.717, 1.165) is 43.9 Å². The van der Waals surface area contributed by atoms with Gasteiger partial charge in [-0.3, -0.25) is 0 Å². The van der Waals surface area contributed by atoms with Crippen LogP contribution in [0.25, 0.3) is 0 Å². The van der Waals surface area contributed by atoms with Crippen molar-refractivity contribution >= 4 is 5.82 Å². The molecule has 1 aromatic heterocycles. The molecule has 0 aliphatic rings. The lowest BCUT2D eigenvalue weighted by molar-refractivity contribution is 0.116. The van der Waals surface area contributed by atoms with E-state index in [0.29, 0.717) is 6.61 Å². The lowest BCUT2D eigenvalue weighted by Crippen LogP contribution is -2.04. The van der Waals surface area contributed by atoms with Crippen molar-refractivity contribution in [1.82, 2.24) is 4.98 Å². The summed E-state index contributed by atoms with van der Waals surface area (Å²) in [5.41, 5.74) is 2.35. The summed E-state index contributed by atoms with van der Waals surface area (Å²) in [6.45, 7) is 4.45. The number of ether oxygens (including phenoxy) is 1. The molecule has 0 bridgehead atoms. The number of nitrogens with one attached hydrogen (secondary N) is 1. The zero-order valence-electron chi connectivity index (χ0n) is 12.7. The van der Waals surface area contributed by atoms with Gasteiger partial charge in [0.15, 0.2) is 0 Å². The van der Waals surface area contributed by atoms with Gasteiger partial charge < -0.3 is 10.1 Å². The molecule has 1 N–H and O–H groups in total. The van der Waals surface area contributed by atoms with Crippen molar-refractivity contribution in [1.29, 1.82) is 0 Å². The van der Waals surface area contributed by atoms with Crippen LogP contribution in [-0.2, 0) is 17.8 Å². The van der Waals surface area contributed by atoms with Crippen molar-refractivity contribution in [3.8, 4) is 0 Å². The van der Waals surface area contributed by atoms with E-state index in [1.807, 2.05) is 24.3 Å². The molecule has 0 atom stereocenters. The number of pyridine rings is 1. The number of nitrogens with zero attached hydrogens (tertiary/aromatic N) is 1. The van der Waals surface area contributed by atoms with Crippen molar-refractivity contribution in [2.24, 2.45) is 0 Å². The number of rotatable bonds is 9. The van der Waals surface area contributed by atoms with E-state index in [-0.39, 0.29) is 0 Å². The van der Waals surface area contributed by atoms with Gasteiger partial charge in [-0.05, 0) is 37.0 Å². The van der Waals surface area contributed by atoms with E-state index in [9.17, 15) is 0 Å². The zero-order chi connectivity index (χ0) is 14.8. The Morgan fingerprint density at radius 2 is 1.90 bits per heavy atom. The van der Waals surface area contributed by atoms with Gasteiger partial charge in [0.1, 0.15) is 5.82 Å². The molecule has 0 amide bonds. The first kappa shape index (κ1) is 15.5. The van der Waals surface area contributed by atoms with E-state index >= 15 is 0 Å². The van der Waals surface area contributed by atoms with Gasteiger partial charge in [0.05, 0.1) is 12.3 Å². The van der Waals surface area contributed by atoms with E-state index in [1.165, 1.54) is 5.56 Å². The molecular formula is C18H24N2O. The van der Waals surface area contributed by atoms with Crippen LogP contribution in [0.4, 0.5) is 5.82 Å². The average molecular weight is 284 g/mol. The number of benzene rings is 1. The lowest BCUT2D eigenvalue weighted by Gasteiger charge is -2.07. The van der Waals surface area contributed by atoms with Gasteiger partial charge in [0.2, 0.25) is 0 Å². The van der Waals surface area contributed by atoms with Gasteiger partial charge >= 0.3 is 0 Å². The molecule has 2 aromatic rings. The molecule has 3 heteroatoms. The Morgan fingerprint density at radius 3 is 2.71 bits per heavy atom. The summed E-state index contributed by atoms with van der Waals surface area (Å²) in [6, 6.07) is 16.5. The first-order chi connectivity index (χ1) is 10.4. The first-order valence-electron chi connectivity index (χ1n) is 7.70. The second-order valence-corrected chi connectivity index (χ2v) is 5.08. The summed E-state index contributed by atoms with van der Waals surface area (Å²) in [4.78, 5) is 4.53. The van der Waals surface area contributed by atoms with E-state index in [1.54, 1.807) is 0 Å². The van der Waals surface area contributed by atoms with Crippen molar-refractivity contribution in [3.05, 3.63) is 59.8 Å². The minimum absolute atomic E-state index is 0.580. The molecule has 1 aromatic carbocycles. The number of hydrogen-bond acceptors (Lipinski definition) is 3. The zero-order valence-corrected chi connectivity index (χ0v) is 12.7. The Bertz CT molecular complexity index is 514. The highest BCUT2D eigenvalue weighted by molar-refractivity contribution is 5.34. The number of anilines is 1. The lowest BCUT2D eigenvalue weighted by atomic mass is 10.1. The second kappa shape index (κ2) is 9.14. The number of aryl methyl sites for hydroxylation is 1. The smallest absolute Gasteiger partial charge is 0.126 e. The molecule has 3 nitrogen and oxygen atoms in total. The van der Waals surface area contributed by atoms with Crippen molar-refractivity contribution in [2.45, 2.75) is 32.8 Å².